The molecule has 33 heteroatoms. The van der Waals surface area contributed by atoms with Gasteiger partial charge in [-0.1, -0.05) is 0 Å². The molecule has 0 radical (unpaired) electrons. The average molecular weight is 1270 g/mol. The zero-order valence-corrected chi connectivity index (χ0v) is 52.8. The highest BCUT2D eigenvalue weighted by molar-refractivity contribution is 5.91. The fourth-order valence-electron chi connectivity index (χ4n) is 5.37. The van der Waals surface area contributed by atoms with E-state index in [4.69, 9.17) is 78.9 Å². The third-order valence-electron chi connectivity index (χ3n) is 10.0. The molecule has 0 aromatic heterocycles. The van der Waals surface area contributed by atoms with Crippen molar-refractivity contribution in [1.29, 1.82) is 0 Å². The summed E-state index contributed by atoms with van der Waals surface area (Å²) in [5.74, 6) is -7.96. The van der Waals surface area contributed by atoms with E-state index < -0.39 is 121 Å². The predicted molar refractivity (Wildman–Crippen MR) is 308 cm³/mol. The van der Waals surface area contributed by atoms with Crippen LogP contribution in [0.2, 0.25) is 0 Å². The molecular formula is C54H100N6O27. The minimum absolute atomic E-state index is 0.0236. The Labute approximate surface area is 509 Å². The summed E-state index contributed by atoms with van der Waals surface area (Å²) in [5.41, 5.74) is 10.3. The molecule has 4 amide bonds. The lowest BCUT2D eigenvalue weighted by atomic mass is 10.1. The van der Waals surface area contributed by atoms with Crippen LogP contribution in [0.5, 0.6) is 0 Å². The number of hydrogen-bond donors (Lipinski definition) is 9. The van der Waals surface area contributed by atoms with Gasteiger partial charge in [-0.3, -0.25) is 38.4 Å². The summed E-state index contributed by atoms with van der Waals surface area (Å²) < 4.78 is 59.5. The van der Waals surface area contributed by atoms with Crippen LogP contribution in [-0.4, -0.2) is 261 Å². The fraction of sp³-hybridized carbons (Fsp3) is 0.778. The molecule has 0 bridgehead atoms. The number of carboxylic acids is 3. The third kappa shape index (κ3) is 58.4. The molecule has 0 saturated heterocycles. The normalized spacial score (nSPS) is 13.1. The van der Waals surface area contributed by atoms with E-state index in [1.165, 1.54) is 48.5 Å². The monoisotopic (exact) mass is 1260 g/mol. The number of ether oxygens (including phenoxy) is 12. The summed E-state index contributed by atoms with van der Waals surface area (Å²) >= 11 is 0. The lowest BCUT2D eigenvalue weighted by molar-refractivity contribution is -0.170. The highest BCUT2D eigenvalue weighted by Crippen LogP contribution is 2.03. The highest BCUT2D eigenvalue weighted by Gasteiger charge is 2.25. The quantitative estimate of drug-likeness (QED) is 0.0190. The first kappa shape index (κ1) is 89.4. The molecule has 0 aliphatic heterocycles. The number of aliphatic carboxylic acids is 3. The molecule has 508 valence electrons. The Morgan fingerprint density at radius 3 is 0.989 bits per heavy atom. The smallest absolute Gasteiger partial charge is 0.344 e. The lowest BCUT2D eigenvalue weighted by Crippen LogP contribution is -2.41. The zero-order chi connectivity index (χ0) is 67.7. The molecular weight excluding hydrogens is 1160 g/mol. The molecule has 0 rings (SSSR count). The number of rotatable bonds is 45. The van der Waals surface area contributed by atoms with Gasteiger partial charge in [0.2, 0.25) is 11.8 Å². The van der Waals surface area contributed by atoms with Gasteiger partial charge in [0.05, 0.1) is 91.0 Å². The summed E-state index contributed by atoms with van der Waals surface area (Å²) in [5, 5.41) is 35.5. The maximum atomic E-state index is 11.8. The lowest BCUT2D eigenvalue weighted by Gasteiger charge is -2.16. The number of carbonyl (C=O) groups excluding carboxylic acids is 9. The number of Topliss-reactive ketones (excluding diaryl/α,β-unsaturated/α-hetero) is 2. The number of ketones is 2. The van der Waals surface area contributed by atoms with E-state index in [-0.39, 0.29) is 50.9 Å². The Hall–Kier alpha value is -6.40. The van der Waals surface area contributed by atoms with Crippen LogP contribution in [0, 0.1) is 0 Å². The minimum atomic E-state index is -1.19. The number of nitrogens with two attached hydrogens (primary N) is 2. The van der Waals surface area contributed by atoms with E-state index >= 15 is 0 Å². The van der Waals surface area contributed by atoms with Gasteiger partial charge in [-0.15, -0.1) is 0 Å². The first-order valence-electron chi connectivity index (χ1n) is 27.9. The Morgan fingerprint density at radius 2 is 0.713 bits per heavy atom. The second-order valence-corrected chi connectivity index (χ2v) is 17.6. The van der Waals surface area contributed by atoms with Crippen molar-refractivity contribution in [1.82, 2.24) is 21.3 Å². The summed E-state index contributed by atoms with van der Waals surface area (Å²) in [6.07, 6.45) is -6.02. The number of esters is 3. The van der Waals surface area contributed by atoms with Crippen LogP contribution in [0.1, 0.15) is 102 Å². The number of hydrogen-bond acceptors (Lipinski definition) is 26. The molecule has 8 atom stereocenters. The Morgan fingerprint density at radius 1 is 0.414 bits per heavy atom. The number of amides is 4. The first-order valence-corrected chi connectivity index (χ1v) is 27.9. The molecule has 0 saturated carbocycles. The van der Waals surface area contributed by atoms with E-state index in [1.54, 1.807) is 41.9 Å². The maximum Gasteiger partial charge on any atom is 0.344 e. The Kier molecular flexibility index (Phi) is 61.5. The van der Waals surface area contributed by atoms with Crippen molar-refractivity contribution in [3.05, 3.63) is 0 Å². The van der Waals surface area contributed by atoms with Crippen LogP contribution in [0.3, 0.4) is 0 Å². The largest absolute Gasteiger partial charge is 0.481 e. The fourth-order valence-corrected chi connectivity index (χ4v) is 5.37. The van der Waals surface area contributed by atoms with Crippen molar-refractivity contribution in [3.8, 4) is 0 Å². The SMILES string of the molecule is CC(=O)C(CC(=O)O)NC(=O)CCOCCN.CCOC(C)C(=O)OC(C)C(=O)NCCOCCC(=O)NC(CC(=O)O)C(C)=O.CCOC(C)C(=O)OC(C)C(=O)NCCOCCOC.CCOC(C)C(=O)OC(C)C(=O)O.COCCOCCN. The van der Waals surface area contributed by atoms with Crippen LogP contribution >= 0.6 is 0 Å². The first-order chi connectivity index (χ1) is 41.0. The standard InChI is InChI=1S/C18H30N2O9.C13H25NO6.C10H18N2O5.C8H14O5.C5H13NO2/c1-5-28-13(4)18(26)29-12(3)17(25)19-7-9-27-8-6-15(22)20-14(11(2)21)10-16(23)24;1-5-19-11(3)13(16)20-10(2)12(15)14-6-7-18-9-8-17-4;1-7(13)8(6-10(15)16)12-9(14)2-4-17-5-3-11;1-4-12-6(3)8(11)13-5(2)7(9)10;1-7-4-5-8-3-2-6/h12-14H,5-10H2,1-4H3,(H,19,25)(H,20,22)(H,23,24);10-11H,5-9H2,1-4H3,(H,14,15);8H,2-6,11H2,1H3,(H,12,14)(H,15,16);5-6H,4H2,1-3H3,(H,9,10);2-6H2,1H3. The van der Waals surface area contributed by atoms with Gasteiger partial charge in [0.25, 0.3) is 11.8 Å². The van der Waals surface area contributed by atoms with Crippen molar-refractivity contribution >= 4 is 71.0 Å². The van der Waals surface area contributed by atoms with Crippen LogP contribution in [0.25, 0.3) is 0 Å². The predicted octanol–water partition coefficient (Wildman–Crippen LogP) is -1.53. The van der Waals surface area contributed by atoms with Gasteiger partial charge in [0.15, 0.2) is 48.2 Å². The van der Waals surface area contributed by atoms with E-state index in [0.29, 0.717) is 85.7 Å². The molecule has 0 fully saturated rings. The molecule has 0 aliphatic rings. The van der Waals surface area contributed by atoms with Gasteiger partial charge < -0.3 is 105 Å². The van der Waals surface area contributed by atoms with Gasteiger partial charge in [0.1, 0.15) is 0 Å². The van der Waals surface area contributed by atoms with Crippen molar-refractivity contribution in [3.63, 3.8) is 0 Å². The Balaban J connectivity index is -0.000000340. The minimum Gasteiger partial charge on any atom is -0.481 e. The molecule has 0 spiro atoms. The highest BCUT2D eigenvalue weighted by atomic mass is 16.6. The van der Waals surface area contributed by atoms with Gasteiger partial charge >= 0.3 is 35.8 Å². The maximum absolute atomic E-state index is 11.8. The molecule has 0 aliphatic carbocycles. The molecule has 0 aromatic rings. The number of methoxy groups -OCH3 is 2. The van der Waals surface area contributed by atoms with E-state index in [1.807, 2.05) is 0 Å². The summed E-state index contributed by atoms with van der Waals surface area (Å²) in [6.45, 7) is 23.1. The number of nitrogens with one attached hydrogen (secondary N) is 4. The zero-order valence-electron chi connectivity index (χ0n) is 52.8. The molecule has 0 aromatic carbocycles. The van der Waals surface area contributed by atoms with Crippen LogP contribution < -0.4 is 32.7 Å². The summed E-state index contributed by atoms with van der Waals surface area (Å²) in [6, 6.07) is -2.05. The van der Waals surface area contributed by atoms with Gasteiger partial charge in [0, 0.05) is 73.1 Å². The van der Waals surface area contributed by atoms with Gasteiger partial charge in [-0.2, -0.15) is 0 Å². The second-order valence-electron chi connectivity index (χ2n) is 17.6. The number of carboxylic acid groups (broad SMARTS) is 3. The van der Waals surface area contributed by atoms with Crippen molar-refractivity contribution in [2.24, 2.45) is 11.5 Å². The summed E-state index contributed by atoms with van der Waals surface area (Å²) in [4.78, 5) is 135. The van der Waals surface area contributed by atoms with E-state index in [9.17, 15) is 57.5 Å². The van der Waals surface area contributed by atoms with Crippen LogP contribution in [0.4, 0.5) is 0 Å². The van der Waals surface area contributed by atoms with Gasteiger partial charge in [-0.25, -0.2) is 19.2 Å². The molecule has 33 nitrogen and oxygen atoms in total. The molecule has 11 N–H and O–H groups in total. The molecule has 8 unspecified atom stereocenters. The second kappa shape index (κ2) is 59.9. The van der Waals surface area contributed by atoms with E-state index in [0.717, 1.165) is 0 Å². The van der Waals surface area contributed by atoms with Crippen molar-refractivity contribution in [2.45, 2.75) is 151 Å². The number of carbonyl (C=O) groups is 12. The van der Waals surface area contributed by atoms with E-state index in [2.05, 4.69) is 26.0 Å². The average Bonchev–Trinajstić information content (AvgIpc) is 3.60. The van der Waals surface area contributed by atoms with Crippen molar-refractivity contribution < 1.29 is 130 Å². The third-order valence-corrected chi connectivity index (χ3v) is 10.0. The van der Waals surface area contributed by atoms with Crippen molar-refractivity contribution in [2.75, 3.05) is 126 Å². The topological polar surface area (TPSA) is 476 Å². The molecule has 87 heavy (non-hydrogen) atoms. The van der Waals surface area contributed by atoms with Gasteiger partial charge in [-0.05, 0) is 76.2 Å². The Bertz CT molecular complexity index is 1930. The van der Waals surface area contributed by atoms with Crippen LogP contribution in [-0.2, 0) is 114 Å². The molecule has 0 heterocycles. The van der Waals surface area contributed by atoms with Crippen LogP contribution in [0.15, 0.2) is 0 Å². The summed E-state index contributed by atoms with van der Waals surface area (Å²) in [7, 11) is 3.23.